The summed E-state index contributed by atoms with van der Waals surface area (Å²) in [7, 11) is 1.81. The highest BCUT2D eigenvalue weighted by atomic mass is 35.5. The lowest BCUT2D eigenvalue weighted by Gasteiger charge is -2.24. The average molecular weight is 254 g/mol. The highest BCUT2D eigenvalue weighted by Crippen LogP contribution is 2.21. The number of urea groups is 1. The molecule has 0 saturated carbocycles. The number of nitrogens with zero attached hydrogens (tertiary/aromatic N) is 1. The van der Waals surface area contributed by atoms with Gasteiger partial charge < -0.3 is 15.5 Å². The normalized spacial score (nSPS) is 19.1. The molecule has 1 unspecified atom stereocenters. The van der Waals surface area contributed by atoms with Crippen molar-refractivity contribution in [3.05, 3.63) is 29.3 Å². The van der Waals surface area contributed by atoms with Crippen molar-refractivity contribution in [3.63, 3.8) is 0 Å². The van der Waals surface area contributed by atoms with E-state index in [1.807, 2.05) is 19.2 Å². The van der Waals surface area contributed by atoms with Crippen LogP contribution < -0.4 is 10.6 Å². The third-order valence-corrected chi connectivity index (χ3v) is 3.35. The maximum Gasteiger partial charge on any atom is 0.321 e. The van der Waals surface area contributed by atoms with E-state index in [0.717, 1.165) is 19.5 Å². The first-order chi connectivity index (χ1) is 8.18. The van der Waals surface area contributed by atoms with Crippen molar-refractivity contribution in [2.75, 3.05) is 25.5 Å². The summed E-state index contributed by atoms with van der Waals surface area (Å²) in [5.74, 6) is 0. The zero-order valence-corrected chi connectivity index (χ0v) is 10.5. The van der Waals surface area contributed by atoms with Gasteiger partial charge in [0.15, 0.2) is 0 Å². The van der Waals surface area contributed by atoms with Crippen molar-refractivity contribution in [1.82, 2.24) is 10.2 Å². The number of halogens is 1. The molecular weight excluding hydrogens is 238 g/mol. The van der Waals surface area contributed by atoms with Crippen LogP contribution in [0.2, 0.25) is 5.02 Å². The predicted molar refractivity (Wildman–Crippen MR) is 69.5 cm³/mol. The SMILES string of the molecule is CN(C(=O)Nc1ccccc1Cl)C1CCNC1. The van der Waals surface area contributed by atoms with Gasteiger partial charge >= 0.3 is 6.03 Å². The van der Waals surface area contributed by atoms with Crippen LogP contribution in [0.25, 0.3) is 0 Å². The van der Waals surface area contributed by atoms with Crippen molar-refractivity contribution in [2.45, 2.75) is 12.5 Å². The Morgan fingerprint density at radius 1 is 1.53 bits per heavy atom. The first-order valence-electron chi connectivity index (χ1n) is 5.67. The molecule has 1 aliphatic heterocycles. The predicted octanol–water partition coefficient (Wildman–Crippen LogP) is 2.17. The molecule has 1 aromatic rings. The molecule has 5 heteroatoms. The van der Waals surface area contributed by atoms with E-state index in [9.17, 15) is 4.79 Å². The third-order valence-electron chi connectivity index (χ3n) is 3.02. The van der Waals surface area contributed by atoms with E-state index in [1.54, 1.807) is 17.0 Å². The minimum absolute atomic E-state index is 0.119. The molecule has 0 aromatic heterocycles. The fourth-order valence-electron chi connectivity index (χ4n) is 1.90. The Morgan fingerprint density at radius 2 is 2.29 bits per heavy atom. The van der Waals surface area contributed by atoms with Crippen molar-refractivity contribution >= 4 is 23.3 Å². The van der Waals surface area contributed by atoms with Gasteiger partial charge in [-0.1, -0.05) is 23.7 Å². The molecule has 1 heterocycles. The molecule has 1 atom stereocenters. The maximum absolute atomic E-state index is 12.0. The van der Waals surface area contributed by atoms with E-state index in [-0.39, 0.29) is 12.1 Å². The first kappa shape index (κ1) is 12.2. The molecule has 1 saturated heterocycles. The van der Waals surface area contributed by atoms with Gasteiger partial charge in [-0.3, -0.25) is 0 Å². The molecule has 0 bridgehead atoms. The second-order valence-corrected chi connectivity index (χ2v) is 4.57. The Hall–Kier alpha value is -1.26. The average Bonchev–Trinajstić information content (AvgIpc) is 2.84. The Kier molecular flexibility index (Phi) is 3.86. The van der Waals surface area contributed by atoms with Crippen LogP contribution in [0.5, 0.6) is 0 Å². The van der Waals surface area contributed by atoms with Crippen LogP contribution in [0.3, 0.4) is 0 Å². The minimum Gasteiger partial charge on any atom is -0.323 e. The topological polar surface area (TPSA) is 44.4 Å². The molecule has 17 heavy (non-hydrogen) atoms. The smallest absolute Gasteiger partial charge is 0.321 e. The second-order valence-electron chi connectivity index (χ2n) is 4.17. The van der Waals surface area contributed by atoms with Gasteiger partial charge in [-0.05, 0) is 25.1 Å². The van der Waals surface area contributed by atoms with Crippen molar-refractivity contribution < 1.29 is 4.79 Å². The van der Waals surface area contributed by atoms with E-state index in [2.05, 4.69) is 10.6 Å². The number of para-hydroxylation sites is 1. The standard InChI is InChI=1S/C12H16ClN3O/c1-16(9-6-7-14-8-9)12(17)15-11-5-3-2-4-10(11)13/h2-5,9,14H,6-8H2,1H3,(H,15,17). The molecule has 1 aromatic carbocycles. The van der Waals surface area contributed by atoms with Crippen molar-refractivity contribution in [1.29, 1.82) is 0 Å². The summed E-state index contributed by atoms with van der Waals surface area (Å²) in [6.45, 7) is 1.82. The van der Waals surface area contributed by atoms with E-state index in [1.165, 1.54) is 0 Å². The molecule has 2 amide bonds. The largest absolute Gasteiger partial charge is 0.323 e. The number of hydrogen-bond acceptors (Lipinski definition) is 2. The van der Waals surface area contributed by atoms with Crippen molar-refractivity contribution in [3.8, 4) is 0 Å². The van der Waals surface area contributed by atoms with Crippen LogP contribution >= 0.6 is 11.6 Å². The molecule has 0 aliphatic carbocycles. The molecule has 1 fully saturated rings. The monoisotopic (exact) mass is 253 g/mol. The van der Waals surface area contributed by atoms with Gasteiger partial charge in [0.2, 0.25) is 0 Å². The van der Waals surface area contributed by atoms with Gasteiger partial charge in [0.1, 0.15) is 0 Å². The zero-order valence-electron chi connectivity index (χ0n) is 9.74. The lowest BCUT2D eigenvalue weighted by atomic mass is 10.2. The number of benzene rings is 1. The molecule has 1 aliphatic rings. The van der Waals surface area contributed by atoms with E-state index < -0.39 is 0 Å². The summed E-state index contributed by atoms with van der Waals surface area (Å²) in [5, 5.41) is 6.60. The van der Waals surface area contributed by atoms with Crippen molar-refractivity contribution in [2.24, 2.45) is 0 Å². The van der Waals surface area contributed by atoms with Crippen LogP contribution in [0.1, 0.15) is 6.42 Å². The molecule has 2 N–H and O–H groups in total. The summed E-state index contributed by atoms with van der Waals surface area (Å²) in [5.41, 5.74) is 0.650. The highest BCUT2D eigenvalue weighted by Gasteiger charge is 2.23. The first-order valence-corrected chi connectivity index (χ1v) is 6.05. The number of carbonyl (C=O) groups is 1. The summed E-state index contributed by atoms with van der Waals surface area (Å²) >= 11 is 5.99. The van der Waals surface area contributed by atoms with E-state index in [0.29, 0.717) is 10.7 Å². The van der Waals surface area contributed by atoms with Crippen LogP contribution in [-0.2, 0) is 0 Å². The summed E-state index contributed by atoms with van der Waals surface area (Å²) in [4.78, 5) is 13.7. The lowest BCUT2D eigenvalue weighted by molar-refractivity contribution is 0.208. The van der Waals surface area contributed by atoms with Gasteiger partial charge in [0, 0.05) is 19.6 Å². The summed E-state index contributed by atoms with van der Waals surface area (Å²) < 4.78 is 0. The molecular formula is C12H16ClN3O. The molecule has 2 rings (SSSR count). The van der Waals surface area contributed by atoms with Crippen LogP contribution in [0.15, 0.2) is 24.3 Å². The minimum atomic E-state index is -0.119. The molecule has 0 radical (unpaired) electrons. The maximum atomic E-state index is 12.0. The van der Waals surface area contributed by atoms with Gasteiger partial charge in [0.25, 0.3) is 0 Å². The van der Waals surface area contributed by atoms with Gasteiger partial charge in [0.05, 0.1) is 10.7 Å². The third kappa shape index (κ3) is 2.90. The number of carbonyl (C=O) groups excluding carboxylic acids is 1. The number of nitrogens with one attached hydrogen (secondary N) is 2. The fourth-order valence-corrected chi connectivity index (χ4v) is 2.08. The van der Waals surface area contributed by atoms with E-state index in [4.69, 9.17) is 11.6 Å². The van der Waals surface area contributed by atoms with Crippen LogP contribution in [-0.4, -0.2) is 37.1 Å². The Morgan fingerprint density at radius 3 is 2.94 bits per heavy atom. The molecule has 4 nitrogen and oxygen atoms in total. The fraction of sp³-hybridized carbons (Fsp3) is 0.417. The summed E-state index contributed by atoms with van der Waals surface area (Å²) in [6.07, 6.45) is 0.993. The number of likely N-dealkylation sites (N-methyl/N-ethyl adjacent to an activating group) is 1. The van der Waals surface area contributed by atoms with Gasteiger partial charge in [-0.15, -0.1) is 0 Å². The zero-order chi connectivity index (χ0) is 12.3. The van der Waals surface area contributed by atoms with Crippen LogP contribution in [0.4, 0.5) is 10.5 Å². The molecule has 0 spiro atoms. The Bertz CT molecular complexity index is 404. The molecule has 92 valence electrons. The number of amides is 2. The van der Waals surface area contributed by atoms with E-state index >= 15 is 0 Å². The van der Waals surface area contributed by atoms with Gasteiger partial charge in [-0.25, -0.2) is 4.79 Å². The highest BCUT2D eigenvalue weighted by molar-refractivity contribution is 6.33. The van der Waals surface area contributed by atoms with Crippen LogP contribution in [0, 0.1) is 0 Å². The lowest BCUT2D eigenvalue weighted by Crippen LogP contribution is -2.41. The quantitative estimate of drug-likeness (QED) is 0.849. The van der Waals surface area contributed by atoms with Gasteiger partial charge in [-0.2, -0.15) is 0 Å². The number of anilines is 1. The summed E-state index contributed by atoms with van der Waals surface area (Å²) in [6, 6.07) is 7.38. The second kappa shape index (κ2) is 5.38. The Labute approximate surface area is 106 Å². The number of hydrogen-bond donors (Lipinski definition) is 2. The number of rotatable bonds is 2. The Balaban J connectivity index is 1.99.